The van der Waals surface area contributed by atoms with Crippen molar-refractivity contribution in [3.63, 3.8) is 0 Å². The third-order valence-electron chi connectivity index (χ3n) is 4.16. The molecule has 2 unspecified atom stereocenters. The van der Waals surface area contributed by atoms with E-state index in [9.17, 15) is 10.1 Å². The summed E-state index contributed by atoms with van der Waals surface area (Å²) in [6.45, 7) is 0. The van der Waals surface area contributed by atoms with Gasteiger partial charge in [-0.1, -0.05) is 0 Å². The molecule has 2 aliphatic rings. The summed E-state index contributed by atoms with van der Waals surface area (Å²) in [4.78, 5) is 10.7. The number of nitro benzene ring substituents is 1. The number of benzene rings is 1. The lowest BCUT2D eigenvalue weighted by Crippen LogP contribution is -2.43. The standard InChI is InChI=1S/C14H16N4O2/c15-8-9-1-4-14(18(19)20)13(5-9)17-12-6-10-2-3-11(7-12)16-10/h1,4-5,10-12,16-17H,2-3,6-7H2. The second-order valence-corrected chi connectivity index (χ2v) is 5.55. The van der Waals surface area contributed by atoms with Gasteiger partial charge < -0.3 is 10.6 Å². The van der Waals surface area contributed by atoms with Crippen molar-refractivity contribution < 1.29 is 4.92 Å². The van der Waals surface area contributed by atoms with Gasteiger partial charge in [-0.2, -0.15) is 5.26 Å². The summed E-state index contributed by atoms with van der Waals surface area (Å²) in [6, 6.07) is 7.75. The summed E-state index contributed by atoms with van der Waals surface area (Å²) in [6.07, 6.45) is 4.32. The van der Waals surface area contributed by atoms with Crippen LogP contribution in [0.25, 0.3) is 0 Å². The van der Waals surface area contributed by atoms with E-state index < -0.39 is 4.92 Å². The molecule has 0 radical (unpaired) electrons. The molecule has 104 valence electrons. The number of anilines is 1. The Bertz CT molecular complexity index is 569. The second kappa shape index (κ2) is 5.10. The van der Waals surface area contributed by atoms with Crippen LogP contribution >= 0.6 is 0 Å². The van der Waals surface area contributed by atoms with E-state index in [2.05, 4.69) is 10.6 Å². The van der Waals surface area contributed by atoms with Gasteiger partial charge in [0.05, 0.1) is 16.6 Å². The van der Waals surface area contributed by atoms with Crippen LogP contribution in [0.5, 0.6) is 0 Å². The lowest BCUT2D eigenvalue weighted by atomic mass is 9.99. The van der Waals surface area contributed by atoms with Crippen molar-refractivity contribution in [2.45, 2.75) is 43.8 Å². The highest BCUT2D eigenvalue weighted by molar-refractivity contribution is 5.64. The molecule has 3 rings (SSSR count). The number of nitrogens with one attached hydrogen (secondary N) is 2. The number of nitrogens with zero attached hydrogens (tertiary/aromatic N) is 2. The predicted molar refractivity (Wildman–Crippen MR) is 74.4 cm³/mol. The van der Waals surface area contributed by atoms with Gasteiger partial charge in [0.1, 0.15) is 5.69 Å². The first kappa shape index (κ1) is 12.9. The molecule has 2 atom stereocenters. The minimum Gasteiger partial charge on any atom is -0.377 e. The zero-order valence-electron chi connectivity index (χ0n) is 11.0. The Morgan fingerprint density at radius 2 is 2.05 bits per heavy atom. The van der Waals surface area contributed by atoms with E-state index in [1.807, 2.05) is 6.07 Å². The van der Waals surface area contributed by atoms with Crippen LogP contribution in [0, 0.1) is 21.4 Å². The minimum atomic E-state index is -0.404. The maximum Gasteiger partial charge on any atom is 0.292 e. The van der Waals surface area contributed by atoms with Gasteiger partial charge >= 0.3 is 0 Å². The van der Waals surface area contributed by atoms with Gasteiger partial charge in [-0.15, -0.1) is 0 Å². The predicted octanol–water partition coefficient (Wildman–Crippen LogP) is 2.16. The van der Waals surface area contributed by atoms with E-state index in [4.69, 9.17) is 5.26 Å². The maximum atomic E-state index is 11.1. The van der Waals surface area contributed by atoms with Crippen molar-refractivity contribution in [3.8, 4) is 6.07 Å². The monoisotopic (exact) mass is 272 g/mol. The van der Waals surface area contributed by atoms with Crippen molar-refractivity contribution in [1.29, 1.82) is 5.26 Å². The molecule has 0 aromatic heterocycles. The quantitative estimate of drug-likeness (QED) is 0.650. The average Bonchev–Trinajstić information content (AvgIpc) is 2.77. The minimum absolute atomic E-state index is 0.0369. The lowest BCUT2D eigenvalue weighted by Gasteiger charge is -2.30. The summed E-state index contributed by atoms with van der Waals surface area (Å²) in [7, 11) is 0. The van der Waals surface area contributed by atoms with E-state index in [1.54, 1.807) is 6.07 Å². The highest BCUT2D eigenvalue weighted by atomic mass is 16.6. The zero-order valence-corrected chi connectivity index (χ0v) is 11.0. The third-order valence-corrected chi connectivity index (χ3v) is 4.16. The first-order valence-electron chi connectivity index (χ1n) is 6.87. The van der Waals surface area contributed by atoms with Crippen LogP contribution in [0.4, 0.5) is 11.4 Å². The molecule has 2 aliphatic heterocycles. The fourth-order valence-corrected chi connectivity index (χ4v) is 3.28. The Balaban J connectivity index is 1.82. The Labute approximate surface area is 116 Å². The topological polar surface area (TPSA) is 91.0 Å². The molecule has 20 heavy (non-hydrogen) atoms. The first-order valence-corrected chi connectivity index (χ1v) is 6.87. The molecule has 0 saturated carbocycles. The molecule has 0 spiro atoms. The van der Waals surface area contributed by atoms with Crippen LogP contribution in [-0.2, 0) is 0 Å². The summed E-state index contributed by atoms with van der Waals surface area (Å²) in [5, 5.41) is 26.8. The second-order valence-electron chi connectivity index (χ2n) is 5.55. The molecule has 6 nitrogen and oxygen atoms in total. The first-order chi connectivity index (χ1) is 9.65. The van der Waals surface area contributed by atoms with E-state index in [-0.39, 0.29) is 11.7 Å². The van der Waals surface area contributed by atoms with Crippen LogP contribution in [-0.4, -0.2) is 23.0 Å². The van der Waals surface area contributed by atoms with Crippen molar-refractivity contribution in [2.75, 3.05) is 5.32 Å². The van der Waals surface area contributed by atoms with Crippen LogP contribution < -0.4 is 10.6 Å². The Morgan fingerprint density at radius 3 is 2.65 bits per heavy atom. The van der Waals surface area contributed by atoms with Crippen molar-refractivity contribution >= 4 is 11.4 Å². The van der Waals surface area contributed by atoms with Crippen molar-refractivity contribution in [2.24, 2.45) is 0 Å². The molecule has 1 aromatic carbocycles. The fourth-order valence-electron chi connectivity index (χ4n) is 3.28. The van der Waals surface area contributed by atoms with E-state index in [1.165, 1.54) is 25.0 Å². The summed E-state index contributed by atoms with van der Waals surface area (Å²) >= 11 is 0. The van der Waals surface area contributed by atoms with E-state index in [0.29, 0.717) is 23.3 Å². The number of fused-ring (bicyclic) bond motifs is 2. The summed E-state index contributed by atoms with van der Waals surface area (Å²) in [5.41, 5.74) is 0.935. The van der Waals surface area contributed by atoms with Crippen LogP contribution in [0.3, 0.4) is 0 Å². The van der Waals surface area contributed by atoms with Crippen molar-refractivity contribution in [3.05, 3.63) is 33.9 Å². The third kappa shape index (κ3) is 2.45. The highest BCUT2D eigenvalue weighted by Crippen LogP contribution is 2.32. The lowest BCUT2D eigenvalue weighted by molar-refractivity contribution is -0.384. The normalized spacial score (nSPS) is 27.9. The van der Waals surface area contributed by atoms with Gasteiger partial charge in [0, 0.05) is 24.2 Å². The highest BCUT2D eigenvalue weighted by Gasteiger charge is 2.34. The van der Waals surface area contributed by atoms with Gasteiger partial charge in [-0.25, -0.2) is 0 Å². The molecular weight excluding hydrogens is 256 g/mol. The number of rotatable bonds is 3. The average molecular weight is 272 g/mol. The Kier molecular flexibility index (Phi) is 3.28. The van der Waals surface area contributed by atoms with Gasteiger partial charge in [0.2, 0.25) is 0 Å². The molecule has 2 bridgehead atoms. The summed E-state index contributed by atoms with van der Waals surface area (Å²) in [5.74, 6) is 0. The molecule has 0 aliphatic carbocycles. The van der Waals surface area contributed by atoms with Crippen LogP contribution in [0.1, 0.15) is 31.2 Å². The fraction of sp³-hybridized carbons (Fsp3) is 0.500. The molecule has 2 N–H and O–H groups in total. The Morgan fingerprint density at radius 1 is 1.35 bits per heavy atom. The molecule has 6 heteroatoms. The van der Waals surface area contributed by atoms with E-state index >= 15 is 0 Å². The van der Waals surface area contributed by atoms with Gasteiger partial charge in [-0.3, -0.25) is 10.1 Å². The largest absolute Gasteiger partial charge is 0.377 e. The maximum absolute atomic E-state index is 11.1. The molecule has 2 fully saturated rings. The Hall–Kier alpha value is -2.13. The van der Waals surface area contributed by atoms with Crippen molar-refractivity contribution in [1.82, 2.24) is 5.32 Å². The number of hydrogen-bond donors (Lipinski definition) is 2. The SMILES string of the molecule is N#Cc1ccc([N+](=O)[O-])c(NC2CC3CCC(C2)N3)c1. The molecule has 1 aromatic rings. The summed E-state index contributed by atoms with van der Waals surface area (Å²) < 4.78 is 0. The van der Waals surface area contributed by atoms with Gasteiger partial charge in [-0.05, 0) is 37.8 Å². The smallest absolute Gasteiger partial charge is 0.292 e. The van der Waals surface area contributed by atoms with Crippen LogP contribution in [0.2, 0.25) is 0 Å². The van der Waals surface area contributed by atoms with Gasteiger partial charge in [0.15, 0.2) is 0 Å². The molecule has 2 heterocycles. The number of hydrogen-bond acceptors (Lipinski definition) is 5. The van der Waals surface area contributed by atoms with Crippen LogP contribution in [0.15, 0.2) is 18.2 Å². The molecule has 0 amide bonds. The number of piperidine rings is 1. The molecule has 2 saturated heterocycles. The number of nitriles is 1. The van der Waals surface area contributed by atoms with Gasteiger partial charge in [0.25, 0.3) is 5.69 Å². The number of nitro groups is 1. The van der Waals surface area contributed by atoms with E-state index in [0.717, 1.165) is 12.8 Å². The zero-order chi connectivity index (χ0) is 14.1. The molecular formula is C14H16N4O2.